The number of rotatable bonds is 0. The third kappa shape index (κ3) is 4.82. The van der Waals surface area contributed by atoms with Gasteiger partial charge in [-0.15, -0.1) is 0 Å². The monoisotopic (exact) mass is 612 g/mol. The van der Waals surface area contributed by atoms with Crippen LogP contribution in [0, 0.1) is 23.7 Å². The molecule has 7 atom stereocenters. The van der Waals surface area contributed by atoms with Gasteiger partial charge in [0.05, 0.1) is 23.1 Å². The zero-order valence-corrected chi connectivity index (χ0v) is 26.0. The van der Waals surface area contributed by atoms with Crippen LogP contribution in [0.25, 0.3) is 0 Å². The standard InChI is InChI=1S/C33H41ClN2O5S/c1-20-5-6-22-15-28(22)32(2,38)26-10-7-24(26)17-36-18-33(13-3-4-21-14-25(34)9-11-27(21)33)19-41-30-12-8-23(16-29(30)36)31(37)35-42(20,39)40/h8-9,11-12,14,16,20,22,24,26,28,38H,3-7,10,13,15,17-19H2,1-2H3,(H,35,37)/t20-,22+,24+,26-,28?,32-,33+/m1/s1. The maximum absolute atomic E-state index is 13.3. The number of anilines is 1. The molecule has 2 aliphatic heterocycles. The van der Waals surface area contributed by atoms with Gasteiger partial charge in [-0.05, 0) is 130 Å². The molecule has 7 nitrogen and oxygen atoms in total. The number of aryl methyl sites for hydroxylation is 1. The van der Waals surface area contributed by atoms with Crippen molar-refractivity contribution in [2.24, 2.45) is 23.7 Å². The lowest BCUT2D eigenvalue weighted by Crippen LogP contribution is -2.53. The van der Waals surface area contributed by atoms with Crippen molar-refractivity contribution in [1.82, 2.24) is 4.72 Å². The Morgan fingerprint density at radius 2 is 1.88 bits per heavy atom. The third-order valence-electron chi connectivity index (χ3n) is 11.3. The highest BCUT2D eigenvalue weighted by atomic mass is 35.5. The summed E-state index contributed by atoms with van der Waals surface area (Å²) in [6, 6.07) is 11.5. The number of hydrogen-bond acceptors (Lipinski definition) is 6. The summed E-state index contributed by atoms with van der Waals surface area (Å²) in [5, 5.41) is 11.9. The van der Waals surface area contributed by atoms with Crippen LogP contribution >= 0.6 is 11.6 Å². The number of hydrogen-bond donors (Lipinski definition) is 2. The summed E-state index contributed by atoms with van der Waals surface area (Å²) in [5.41, 5.74) is 2.63. The quantitative estimate of drug-likeness (QED) is 0.410. The SMILES string of the molecule is C[C@@H]1CC[C@H]2CC2[C@](C)(O)[C@@H]2CC[C@H]2CN2C[C@@]3(CCCc4cc(Cl)ccc43)COc3ccc(cc32)C(=O)NS1(=O)=O. The molecule has 2 aromatic rings. The van der Waals surface area contributed by atoms with Crippen molar-refractivity contribution in [3.8, 4) is 5.75 Å². The van der Waals surface area contributed by atoms with E-state index in [0.717, 1.165) is 62.2 Å². The average Bonchev–Trinajstić information content (AvgIpc) is 3.73. The zero-order valence-electron chi connectivity index (χ0n) is 24.4. The van der Waals surface area contributed by atoms with Gasteiger partial charge in [-0.3, -0.25) is 4.79 Å². The van der Waals surface area contributed by atoms with Gasteiger partial charge in [-0.25, -0.2) is 13.1 Å². The summed E-state index contributed by atoms with van der Waals surface area (Å²) >= 11 is 6.40. The Morgan fingerprint density at radius 3 is 2.67 bits per heavy atom. The molecule has 226 valence electrons. The second-order valence-electron chi connectivity index (χ2n) is 13.9. The predicted octanol–water partition coefficient (Wildman–Crippen LogP) is 5.47. The lowest BCUT2D eigenvalue weighted by molar-refractivity contribution is -0.0868. The second kappa shape index (κ2) is 10.1. The van der Waals surface area contributed by atoms with Crippen LogP contribution in [-0.2, 0) is 21.9 Å². The Kier molecular flexibility index (Phi) is 6.87. The van der Waals surface area contributed by atoms with Gasteiger partial charge in [-0.2, -0.15) is 0 Å². The Hall–Kier alpha value is -2.29. The van der Waals surface area contributed by atoms with E-state index >= 15 is 0 Å². The molecular formula is C33H41ClN2O5S. The van der Waals surface area contributed by atoms with E-state index in [2.05, 4.69) is 21.8 Å². The van der Waals surface area contributed by atoms with Crippen LogP contribution in [0.1, 0.15) is 80.3 Å². The molecule has 7 rings (SSSR count). The first kappa shape index (κ1) is 28.5. The molecule has 0 aromatic heterocycles. The summed E-state index contributed by atoms with van der Waals surface area (Å²) < 4.78 is 35.1. The van der Waals surface area contributed by atoms with E-state index in [1.807, 2.05) is 19.1 Å². The number of carbonyl (C=O) groups is 1. The van der Waals surface area contributed by atoms with E-state index in [-0.39, 0.29) is 17.3 Å². The van der Waals surface area contributed by atoms with Crippen molar-refractivity contribution < 1.29 is 23.1 Å². The minimum atomic E-state index is -3.85. The average molecular weight is 613 g/mol. The van der Waals surface area contributed by atoms with Crippen molar-refractivity contribution >= 4 is 33.2 Å². The maximum Gasteiger partial charge on any atom is 0.264 e. The summed E-state index contributed by atoms with van der Waals surface area (Å²) in [6.45, 7) is 5.65. The van der Waals surface area contributed by atoms with E-state index in [4.69, 9.17) is 16.3 Å². The molecule has 0 saturated heterocycles. The molecule has 1 spiro atoms. The largest absolute Gasteiger partial charge is 0.490 e. The van der Waals surface area contributed by atoms with Gasteiger partial charge in [0.15, 0.2) is 0 Å². The fourth-order valence-electron chi connectivity index (χ4n) is 8.55. The fourth-order valence-corrected chi connectivity index (χ4v) is 9.76. The first-order valence-electron chi connectivity index (χ1n) is 15.6. The van der Waals surface area contributed by atoms with Crippen LogP contribution in [0.5, 0.6) is 5.75 Å². The van der Waals surface area contributed by atoms with E-state index in [9.17, 15) is 18.3 Å². The number of ether oxygens (including phenoxy) is 1. The van der Waals surface area contributed by atoms with Gasteiger partial charge < -0.3 is 14.7 Å². The highest BCUT2D eigenvalue weighted by molar-refractivity contribution is 7.90. The van der Waals surface area contributed by atoms with Crippen molar-refractivity contribution in [1.29, 1.82) is 0 Å². The number of nitrogens with zero attached hydrogens (tertiary/aromatic N) is 1. The summed E-state index contributed by atoms with van der Waals surface area (Å²) in [4.78, 5) is 15.7. The first-order chi connectivity index (χ1) is 20.0. The molecular weight excluding hydrogens is 572 g/mol. The molecule has 42 heavy (non-hydrogen) atoms. The number of nitrogens with one attached hydrogen (secondary N) is 1. The number of fused-ring (bicyclic) bond motifs is 5. The van der Waals surface area contributed by atoms with Gasteiger partial charge in [-0.1, -0.05) is 17.7 Å². The Morgan fingerprint density at radius 1 is 1.07 bits per heavy atom. The molecule has 2 fully saturated rings. The minimum Gasteiger partial charge on any atom is -0.490 e. The van der Waals surface area contributed by atoms with E-state index in [1.54, 1.807) is 19.1 Å². The smallest absolute Gasteiger partial charge is 0.264 e. The van der Waals surface area contributed by atoms with Crippen molar-refractivity contribution in [2.45, 2.75) is 81.5 Å². The van der Waals surface area contributed by atoms with Gasteiger partial charge in [0.1, 0.15) is 5.75 Å². The number of aliphatic hydroxyl groups is 1. The second-order valence-corrected chi connectivity index (χ2v) is 16.5. The molecule has 1 amide bonds. The van der Waals surface area contributed by atoms with E-state index in [1.165, 1.54) is 11.1 Å². The molecule has 3 aliphatic carbocycles. The lowest BCUT2D eigenvalue weighted by Gasteiger charge is -2.49. The first-order valence-corrected chi connectivity index (χ1v) is 17.5. The molecule has 9 heteroatoms. The van der Waals surface area contributed by atoms with Crippen molar-refractivity contribution in [3.63, 3.8) is 0 Å². The Balaban J connectivity index is 1.31. The Labute approximate surface area is 254 Å². The Bertz CT molecular complexity index is 1530. The van der Waals surface area contributed by atoms with E-state index < -0.39 is 26.8 Å². The zero-order chi connectivity index (χ0) is 29.4. The van der Waals surface area contributed by atoms with Crippen LogP contribution in [0.3, 0.4) is 0 Å². The summed E-state index contributed by atoms with van der Waals surface area (Å²) in [7, 11) is -3.85. The molecule has 2 N–H and O–H groups in total. The summed E-state index contributed by atoms with van der Waals surface area (Å²) in [5.74, 6) is 1.11. The topological polar surface area (TPSA) is 95.9 Å². The van der Waals surface area contributed by atoms with Gasteiger partial charge in [0.2, 0.25) is 10.0 Å². The molecule has 2 aromatic carbocycles. The lowest BCUT2D eigenvalue weighted by atomic mass is 9.63. The number of benzene rings is 2. The molecule has 2 heterocycles. The van der Waals surface area contributed by atoms with Crippen LogP contribution in [0.2, 0.25) is 5.02 Å². The van der Waals surface area contributed by atoms with Crippen LogP contribution in [0.15, 0.2) is 36.4 Å². The van der Waals surface area contributed by atoms with Crippen molar-refractivity contribution in [3.05, 3.63) is 58.1 Å². The van der Waals surface area contributed by atoms with E-state index in [0.29, 0.717) is 42.7 Å². The highest BCUT2D eigenvalue weighted by Crippen LogP contribution is 2.57. The number of halogens is 1. The predicted molar refractivity (Wildman–Crippen MR) is 164 cm³/mol. The molecule has 2 bridgehead atoms. The van der Waals surface area contributed by atoms with Crippen LogP contribution < -0.4 is 14.4 Å². The molecule has 5 aliphatic rings. The number of amides is 1. The molecule has 1 unspecified atom stereocenters. The number of carbonyl (C=O) groups excluding carboxylic acids is 1. The van der Waals surface area contributed by atoms with Crippen molar-refractivity contribution in [2.75, 3.05) is 24.6 Å². The molecule has 0 radical (unpaired) electrons. The normalized spacial score (nSPS) is 37.2. The molecule has 2 saturated carbocycles. The van der Waals surface area contributed by atoms with Gasteiger partial charge in [0, 0.05) is 29.1 Å². The van der Waals surface area contributed by atoms with Gasteiger partial charge in [0.25, 0.3) is 5.91 Å². The fraction of sp³-hybridized carbons (Fsp3) is 0.606. The van der Waals surface area contributed by atoms with Gasteiger partial charge >= 0.3 is 0 Å². The van der Waals surface area contributed by atoms with Crippen LogP contribution in [0.4, 0.5) is 5.69 Å². The summed E-state index contributed by atoms with van der Waals surface area (Å²) in [6.07, 6.45) is 7.19. The highest BCUT2D eigenvalue weighted by Gasteiger charge is 2.56. The van der Waals surface area contributed by atoms with Crippen LogP contribution in [-0.4, -0.2) is 50.0 Å². The third-order valence-corrected chi connectivity index (χ3v) is 13.3. The minimum absolute atomic E-state index is 0.189. The number of sulfonamides is 1. The maximum atomic E-state index is 13.3.